The number of hydrogen-bond acceptors (Lipinski definition) is 5. The molecule has 1 N–H and O–H groups in total. The second-order valence-corrected chi connectivity index (χ2v) is 11.2. The molecule has 0 unspecified atom stereocenters. The molecule has 1 amide bonds. The van der Waals surface area contributed by atoms with Crippen LogP contribution in [0.2, 0.25) is 5.02 Å². The molecular weight excluding hydrogens is 396 g/mol. The monoisotopic (exact) mass is 424 g/mol. The van der Waals surface area contributed by atoms with Gasteiger partial charge in [-0.15, -0.1) is 11.8 Å². The molecule has 1 aromatic heterocycles. The fourth-order valence-corrected chi connectivity index (χ4v) is 4.81. The summed E-state index contributed by atoms with van der Waals surface area (Å²) in [6.07, 6.45) is 1.69. The van der Waals surface area contributed by atoms with Crippen molar-refractivity contribution < 1.29 is 13.9 Å². The lowest BCUT2D eigenvalue weighted by atomic mass is 9.85. The van der Waals surface area contributed by atoms with E-state index in [-0.39, 0.29) is 11.5 Å². The fourth-order valence-electron chi connectivity index (χ4n) is 3.02. The Balaban J connectivity index is 1.59. The number of ether oxygens (including phenoxy) is 1. The predicted octanol–water partition coefficient (Wildman–Crippen LogP) is 6.17. The highest BCUT2D eigenvalue weighted by Gasteiger charge is 2.32. The zero-order valence-corrected chi connectivity index (χ0v) is 19.0. The number of fused-ring (bicyclic) bond motifs is 1. The molecule has 1 heterocycles. The average molecular weight is 425 g/mol. The summed E-state index contributed by atoms with van der Waals surface area (Å²) in [7, 11) is 0. The van der Waals surface area contributed by atoms with Crippen LogP contribution in [0.3, 0.4) is 0 Å². The van der Waals surface area contributed by atoms with Crippen molar-refractivity contribution in [1.82, 2.24) is 10.3 Å². The predicted molar refractivity (Wildman–Crippen MR) is 114 cm³/mol. The minimum Gasteiger partial charge on any atom is -0.444 e. The van der Waals surface area contributed by atoms with Gasteiger partial charge in [0.2, 0.25) is 5.89 Å². The van der Waals surface area contributed by atoms with Gasteiger partial charge in [-0.25, -0.2) is 9.78 Å². The van der Waals surface area contributed by atoms with Crippen molar-refractivity contribution in [1.29, 1.82) is 0 Å². The number of oxazole rings is 1. The second kappa shape index (κ2) is 7.79. The van der Waals surface area contributed by atoms with Gasteiger partial charge in [-0.05, 0) is 51.7 Å². The van der Waals surface area contributed by atoms with Crippen LogP contribution in [-0.2, 0) is 10.2 Å². The maximum atomic E-state index is 11.8. The van der Waals surface area contributed by atoms with E-state index in [0.717, 1.165) is 34.7 Å². The van der Waals surface area contributed by atoms with Crippen LogP contribution in [0.15, 0.2) is 21.4 Å². The molecule has 3 rings (SSSR count). The number of nitrogens with zero attached hydrogens (tertiary/aromatic N) is 1. The van der Waals surface area contributed by atoms with Gasteiger partial charge < -0.3 is 14.5 Å². The van der Waals surface area contributed by atoms with Gasteiger partial charge in [0.1, 0.15) is 11.1 Å². The van der Waals surface area contributed by atoms with Crippen LogP contribution in [0, 0.1) is 5.92 Å². The Labute approximate surface area is 175 Å². The van der Waals surface area contributed by atoms with E-state index in [2.05, 4.69) is 31.1 Å². The summed E-state index contributed by atoms with van der Waals surface area (Å²) in [6, 6.07) is 3.80. The summed E-state index contributed by atoms with van der Waals surface area (Å²) in [5.74, 6) is 1.18. The van der Waals surface area contributed by atoms with Gasteiger partial charge in [-0.1, -0.05) is 32.4 Å². The van der Waals surface area contributed by atoms with Crippen LogP contribution in [0.25, 0.3) is 11.1 Å². The first-order chi connectivity index (χ1) is 12.9. The van der Waals surface area contributed by atoms with E-state index in [9.17, 15) is 4.79 Å². The molecule has 28 heavy (non-hydrogen) atoms. The number of amides is 1. The number of carbonyl (C=O) groups is 1. The summed E-state index contributed by atoms with van der Waals surface area (Å²) in [5.41, 5.74) is 1.00. The number of rotatable bonds is 4. The lowest BCUT2D eigenvalue weighted by Gasteiger charge is -2.35. The quantitative estimate of drug-likeness (QED) is 0.635. The minimum absolute atomic E-state index is 0.150. The summed E-state index contributed by atoms with van der Waals surface area (Å²) in [4.78, 5) is 17.4. The third-order valence-electron chi connectivity index (χ3n) is 4.52. The first kappa shape index (κ1) is 21.3. The summed E-state index contributed by atoms with van der Waals surface area (Å²) < 4.78 is 11.4. The lowest BCUT2D eigenvalue weighted by Crippen LogP contribution is -2.39. The van der Waals surface area contributed by atoms with Crippen LogP contribution in [0.5, 0.6) is 0 Å². The van der Waals surface area contributed by atoms with Gasteiger partial charge in [0.15, 0.2) is 5.58 Å². The second-order valence-electron chi connectivity index (χ2n) is 9.45. The SMILES string of the molecule is CC(C)(C)OC(=O)NCC1CC(Sc2c(Cl)ccc3nc(C(C)(C)C)oc23)C1. The van der Waals surface area contributed by atoms with E-state index in [1.54, 1.807) is 11.8 Å². The topological polar surface area (TPSA) is 64.4 Å². The average Bonchev–Trinajstić information content (AvgIpc) is 2.94. The highest BCUT2D eigenvalue weighted by molar-refractivity contribution is 8.00. The van der Waals surface area contributed by atoms with Crippen molar-refractivity contribution in [3.8, 4) is 0 Å². The Morgan fingerprint density at radius 2 is 1.96 bits per heavy atom. The van der Waals surface area contributed by atoms with Gasteiger partial charge in [0, 0.05) is 17.2 Å². The minimum atomic E-state index is -0.472. The molecule has 1 aliphatic rings. The summed E-state index contributed by atoms with van der Waals surface area (Å²) >= 11 is 8.22. The highest BCUT2D eigenvalue weighted by atomic mass is 35.5. The third kappa shape index (κ3) is 5.15. The number of carbonyl (C=O) groups excluding carboxylic acids is 1. The Bertz CT molecular complexity index is 861. The molecule has 0 atom stereocenters. The first-order valence-electron chi connectivity index (χ1n) is 9.65. The van der Waals surface area contributed by atoms with Crippen molar-refractivity contribution in [2.45, 2.75) is 75.5 Å². The molecule has 5 nitrogen and oxygen atoms in total. The first-order valence-corrected chi connectivity index (χ1v) is 10.9. The fraction of sp³-hybridized carbons (Fsp3) is 0.619. The van der Waals surface area contributed by atoms with E-state index in [1.807, 2.05) is 32.9 Å². The van der Waals surface area contributed by atoms with Crippen LogP contribution >= 0.6 is 23.4 Å². The molecule has 0 saturated heterocycles. The molecule has 1 aliphatic carbocycles. The van der Waals surface area contributed by atoms with Gasteiger partial charge in [0.05, 0.1) is 9.92 Å². The molecule has 154 valence electrons. The van der Waals surface area contributed by atoms with E-state index in [4.69, 9.17) is 20.8 Å². The summed E-state index contributed by atoms with van der Waals surface area (Å²) in [6.45, 7) is 12.5. The molecule has 1 aromatic carbocycles. The number of aromatic nitrogens is 1. The Hall–Kier alpha value is -1.40. The van der Waals surface area contributed by atoms with Crippen molar-refractivity contribution in [2.24, 2.45) is 5.92 Å². The van der Waals surface area contributed by atoms with E-state index < -0.39 is 5.60 Å². The molecule has 2 aromatic rings. The molecular formula is C21H29ClN2O3S. The Morgan fingerprint density at radius 3 is 2.57 bits per heavy atom. The van der Waals surface area contributed by atoms with Gasteiger partial charge >= 0.3 is 6.09 Å². The molecule has 1 fully saturated rings. The summed E-state index contributed by atoms with van der Waals surface area (Å²) in [5, 5.41) is 4.02. The number of nitrogens with one attached hydrogen (secondary N) is 1. The molecule has 0 spiro atoms. The molecule has 0 aliphatic heterocycles. The zero-order chi connectivity index (χ0) is 20.7. The standard InChI is InChI=1S/C21H29ClN2O3S/c1-20(2,3)18-24-15-8-7-14(22)17(16(15)26-18)28-13-9-12(10-13)11-23-19(25)27-21(4,5)6/h7-8,12-13H,9-11H2,1-6H3,(H,23,25). The van der Waals surface area contributed by atoms with Crippen LogP contribution in [-0.4, -0.2) is 28.5 Å². The largest absolute Gasteiger partial charge is 0.444 e. The van der Waals surface area contributed by atoms with Gasteiger partial charge in [-0.2, -0.15) is 0 Å². The number of halogens is 1. The number of benzene rings is 1. The molecule has 0 bridgehead atoms. The smallest absolute Gasteiger partial charge is 0.407 e. The maximum Gasteiger partial charge on any atom is 0.407 e. The Kier molecular flexibility index (Phi) is 5.93. The van der Waals surface area contributed by atoms with Crippen molar-refractivity contribution in [3.63, 3.8) is 0 Å². The third-order valence-corrected chi connectivity index (χ3v) is 6.30. The van der Waals surface area contributed by atoms with Crippen molar-refractivity contribution >= 4 is 40.6 Å². The van der Waals surface area contributed by atoms with E-state index in [0.29, 0.717) is 22.7 Å². The zero-order valence-electron chi connectivity index (χ0n) is 17.4. The molecule has 0 radical (unpaired) electrons. The van der Waals surface area contributed by atoms with Crippen molar-refractivity contribution in [3.05, 3.63) is 23.0 Å². The van der Waals surface area contributed by atoms with E-state index >= 15 is 0 Å². The maximum absolute atomic E-state index is 11.8. The van der Waals surface area contributed by atoms with Crippen LogP contribution in [0.4, 0.5) is 4.79 Å². The number of alkyl carbamates (subject to hydrolysis) is 1. The van der Waals surface area contributed by atoms with Gasteiger partial charge in [0.25, 0.3) is 0 Å². The van der Waals surface area contributed by atoms with Crippen LogP contribution in [0.1, 0.15) is 60.3 Å². The number of thioether (sulfide) groups is 1. The molecule has 1 saturated carbocycles. The highest BCUT2D eigenvalue weighted by Crippen LogP contribution is 2.45. The number of hydrogen-bond donors (Lipinski definition) is 1. The van der Waals surface area contributed by atoms with Crippen molar-refractivity contribution in [2.75, 3.05) is 6.54 Å². The van der Waals surface area contributed by atoms with Gasteiger partial charge in [-0.3, -0.25) is 0 Å². The Morgan fingerprint density at radius 1 is 1.29 bits per heavy atom. The van der Waals surface area contributed by atoms with Crippen LogP contribution < -0.4 is 5.32 Å². The lowest BCUT2D eigenvalue weighted by molar-refractivity contribution is 0.0511. The van der Waals surface area contributed by atoms with E-state index in [1.165, 1.54) is 0 Å². The molecule has 7 heteroatoms. The normalized spacial score (nSPS) is 20.1.